The topological polar surface area (TPSA) is 96.9 Å². The van der Waals surface area contributed by atoms with Gasteiger partial charge in [-0.25, -0.2) is 13.2 Å². The number of carbonyl (C=O) groups is 1. The average Bonchev–Trinajstić information content (AvgIpc) is 2.44. The second kappa shape index (κ2) is 6.58. The van der Waals surface area contributed by atoms with Gasteiger partial charge in [-0.1, -0.05) is 11.6 Å². The first-order valence-corrected chi connectivity index (χ1v) is 7.26. The zero-order valence-corrected chi connectivity index (χ0v) is 12.7. The Kier molecular flexibility index (Phi) is 5.34. The third kappa shape index (κ3) is 3.40. The van der Waals surface area contributed by atoms with Crippen molar-refractivity contribution in [3.8, 4) is 0 Å². The molecule has 0 aliphatic rings. The van der Waals surface area contributed by atoms with Gasteiger partial charge in [-0.15, -0.1) is 0 Å². The van der Waals surface area contributed by atoms with Gasteiger partial charge in [0.25, 0.3) is 10.0 Å². The number of anilines is 1. The lowest BCUT2D eigenvalue weighted by molar-refractivity contribution is 0.0600. The van der Waals surface area contributed by atoms with E-state index in [4.69, 9.17) is 11.6 Å². The van der Waals surface area contributed by atoms with Crippen LogP contribution in [-0.2, 0) is 14.8 Å². The number of carbonyl (C=O) groups excluding carboxylic acids is 1. The molecule has 0 aliphatic carbocycles. The maximum absolute atomic E-state index is 12.1. The van der Waals surface area contributed by atoms with Crippen molar-refractivity contribution in [1.82, 2.24) is 4.72 Å². The highest BCUT2D eigenvalue weighted by Gasteiger charge is 2.22. The molecule has 0 spiro atoms. The molecule has 1 aromatic carbocycles. The smallest absolute Gasteiger partial charge is 0.337 e. The number of sulfonamides is 1. The van der Waals surface area contributed by atoms with Gasteiger partial charge < -0.3 is 10.1 Å². The van der Waals surface area contributed by atoms with E-state index in [1.54, 1.807) is 7.05 Å². The Morgan fingerprint density at radius 3 is 2.60 bits per heavy atom. The van der Waals surface area contributed by atoms with E-state index < -0.39 is 16.0 Å². The van der Waals surface area contributed by atoms with Crippen LogP contribution in [0.1, 0.15) is 10.4 Å². The maximum Gasteiger partial charge on any atom is 0.337 e. The quantitative estimate of drug-likeness (QED) is 0.481. The largest absolute Gasteiger partial charge is 0.465 e. The lowest BCUT2D eigenvalue weighted by Crippen LogP contribution is -2.23. The first-order chi connectivity index (χ1) is 9.37. The minimum atomic E-state index is -3.93. The molecule has 2 N–H and O–H groups in total. The number of aliphatic imine (C=N–C) groups is 1. The molecule has 0 amide bonds. The van der Waals surface area contributed by atoms with Crippen LogP contribution in [-0.4, -0.2) is 41.9 Å². The Labute approximate surface area is 122 Å². The van der Waals surface area contributed by atoms with Gasteiger partial charge in [-0.05, 0) is 12.1 Å². The molecule has 0 aromatic heterocycles. The van der Waals surface area contributed by atoms with Crippen LogP contribution in [0.15, 0.2) is 22.0 Å². The highest BCUT2D eigenvalue weighted by atomic mass is 35.5. The average molecular weight is 320 g/mol. The summed E-state index contributed by atoms with van der Waals surface area (Å²) >= 11 is 6.01. The second-order valence-electron chi connectivity index (χ2n) is 3.59. The van der Waals surface area contributed by atoms with Gasteiger partial charge in [0.15, 0.2) is 0 Å². The summed E-state index contributed by atoms with van der Waals surface area (Å²) < 4.78 is 30.8. The SMILES string of the molecule is CN=CNS(=O)(=O)c1cc(C(=O)OC)cc(NC)c1Cl. The summed E-state index contributed by atoms with van der Waals surface area (Å²) in [7, 11) is 0.237. The number of hydrogen-bond donors (Lipinski definition) is 2. The molecule has 0 atom stereocenters. The van der Waals surface area contributed by atoms with Gasteiger partial charge in [-0.3, -0.25) is 9.71 Å². The van der Waals surface area contributed by atoms with Gasteiger partial charge >= 0.3 is 5.97 Å². The van der Waals surface area contributed by atoms with Crippen molar-refractivity contribution < 1.29 is 17.9 Å². The van der Waals surface area contributed by atoms with E-state index in [2.05, 4.69) is 19.8 Å². The Balaban J connectivity index is 3.49. The van der Waals surface area contributed by atoms with Crippen molar-refractivity contribution in [2.24, 2.45) is 4.99 Å². The molecule has 7 nitrogen and oxygen atoms in total. The van der Waals surface area contributed by atoms with E-state index in [1.807, 2.05) is 0 Å². The number of esters is 1. The molecule has 0 unspecified atom stereocenters. The number of nitrogens with one attached hydrogen (secondary N) is 2. The lowest BCUT2D eigenvalue weighted by atomic mass is 10.2. The predicted octanol–water partition coefficient (Wildman–Crippen LogP) is 1.10. The Morgan fingerprint density at radius 2 is 2.10 bits per heavy atom. The van der Waals surface area contributed by atoms with Gasteiger partial charge in [-0.2, -0.15) is 0 Å². The third-order valence-corrected chi connectivity index (χ3v) is 4.19. The summed E-state index contributed by atoms with van der Waals surface area (Å²) in [5.74, 6) is -0.668. The second-order valence-corrected chi connectivity index (χ2v) is 5.65. The van der Waals surface area contributed by atoms with Crippen LogP contribution < -0.4 is 10.0 Å². The molecule has 9 heteroatoms. The van der Waals surface area contributed by atoms with E-state index in [9.17, 15) is 13.2 Å². The number of ether oxygens (including phenoxy) is 1. The minimum absolute atomic E-state index is 0.0304. The summed E-state index contributed by atoms with van der Waals surface area (Å²) in [5, 5.41) is 2.69. The van der Waals surface area contributed by atoms with Crippen LogP contribution in [0.25, 0.3) is 0 Å². The molecule has 1 rings (SSSR count). The molecule has 20 heavy (non-hydrogen) atoms. The number of methoxy groups -OCH3 is 1. The summed E-state index contributed by atoms with van der Waals surface area (Å²) in [4.78, 5) is 14.8. The van der Waals surface area contributed by atoms with Crippen molar-refractivity contribution in [2.75, 3.05) is 26.5 Å². The van der Waals surface area contributed by atoms with Crippen molar-refractivity contribution in [3.63, 3.8) is 0 Å². The summed E-state index contributed by atoms with van der Waals surface area (Å²) in [5.41, 5.74) is 0.360. The molecule has 0 bridgehead atoms. The molecule has 1 aromatic rings. The van der Waals surface area contributed by atoms with Crippen LogP contribution in [0.3, 0.4) is 0 Å². The van der Waals surface area contributed by atoms with E-state index in [-0.39, 0.29) is 15.5 Å². The fourth-order valence-electron chi connectivity index (χ4n) is 1.40. The lowest BCUT2D eigenvalue weighted by Gasteiger charge is -2.12. The molecule has 0 radical (unpaired) electrons. The van der Waals surface area contributed by atoms with Gasteiger partial charge in [0.05, 0.1) is 29.7 Å². The summed E-state index contributed by atoms with van der Waals surface area (Å²) in [6.45, 7) is 0. The van der Waals surface area contributed by atoms with Crippen LogP contribution in [0.5, 0.6) is 0 Å². The zero-order chi connectivity index (χ0) is 15.3. The number of benzene rings is 1. The normalized spacial score (nSPS) is 11.4. The highest BCUT2D eigenvalue weighted by Crippen LogP contribution is 2.31. The zero-order valence-electron chi connectivity index (χ0n) is 11.1. The van der Waals surface area contributed by atoms with Crippen LogP contribution in [0.2, 0.25) is 5.02 Å². The molecule has 0 saturated carbocycles. The molecular weight excluding hydrogens is 306 g/mol. The summed E-state index contributed by atoms with van der Waals surface area (Å²) in [6.07, 6.45) is 1.01. The minimum Gasteiger partial charge on any atom is -0.465 e. The molecule has 0 heterocycles. The molecule has 0 saturated heterocycles. The first kappa shape index (κ1) is 16.3. The number of halogens is 1. The Hall–Kier alpha value is -1.80. The summed E-state index contributed by atoms with van der Waals surface area (Å²) in [6, 6.07) is 2.54. The Bertz CT molecular complexity index is 643. The van der Waals surface area contributed by atoms with Crippen LogP contribution in [0.4, 0.5) is 5.69 Å². The van der Waals surface area contributed by atoms with Crippen molar-refractivity contribution in [3.05, 3.63) is 22.7 Å². The van der Waals surface area contributed by atoms with Crippen LogP contribution in [0, 0.1) is 0 Å². The Morgan fingerprint density at radius 1 is 1.45 bits per heavy atom. The first-order valence-electron chi connectivity index (χ1n) is 5.40. The fourth-order valence-corrected chi connectivity index (χ4v) is 2.90. The molecule has 0 aliphatic heterocycles. The van der Waals surface area contributed by atoms with E-state index >= 15 is 0 Å². The predicted molar refractivity (Wildman–Crippen MR) is 77.1 cm³/mol. The van der Waals surface area contributed by atoms with Crippen molar-refractivity contribution in [1.29, 1.82) is 0 Å². The number of nitrogens with zero attached hydrogens (tertiary/aromatic N) is 1. The van der Waals surface area contributed by atoms with E-state index in [1.165, 1.54) is 20.2 Å². The number of rotatable bonds is 5. The van der Waals surface area contributed by atoms with E-state index in [0.29, 0.717) is 5.69 Å². The standard InChI is InChI=1S/C11H14ClN3O4S/c1-13-6-15-20(17,18)9-5-7(11(16)19-3)4-8(14-2)10(9)12/h4-6,14H,1-3H3,(H,13,15). The van der Waals surface area contributed by atoms with Crippen molar-refractivity contribution >= 4 is 39.6 Å². The van der Waals surface area contributed by atoms with Gasteiger partial charge in [0, 0.05) is 14.1 Å². The van der Waals surface area contributed by atoms with Gasteiger partial charge in [0.2, 0.25) is 0 Å². The third-order valence-electron chi connectivity index (χ3n) is 2.36. The molecular formula is C11H14ClN3O4S. The monoisotopic (exact) mass is 319 g/mol. The highest BCUT2D eigenvalue weighted by molar-refractivity contribution is 7.90. The van der Waals surface area contributed by atoms with E-state index in [0.717, 1.165) is 12.4 Å². The van der Waals surface area contributed by atoms with Gasteiger partial charge in [0.1, 0.15) is 4.90 Å². The molecule has 0 fully saturated rings. The maximum atomic E-state index is 12.1. The fraction of sp³-hybridized carbons (Fsp3) is 0.273. The van der Waals surface area contributed by atoms with Crippen LogP contribution >= 0.6 is 11.6 Å². The van der Waals surface area contributed by atoms with Crippen molar-refractivity contribution in [2.45, 2.75) is 4.90 Å². The number of hydrogen-bond acceptors (Lipinski definition) is 6. The molecule has 110 valence electrons.